The fourth-order valence-electron chi connectivity index (χ4n) is 1.65. The molecule has 1 amide bonds. The van der Waals surface area contributed by atoms with Gasteiger partial charge in [-0.1, -0.05) is 12.1 Å². The van der Waals surface area contributed by atoms with Gasteiger partial charge in [-0.25, -0.2) is 8.42 Å². The van der Waals surface area contributed by atoms with Gasteiger partial charge in [0, 0.05) is 19.5 Å². The predicted octanol–water partition coefficient (Wildman–Crippen LogP) is 1.15. The Bertz CT molecular complexity index is 739. The number of carbonyl (C=O) groups excluding carboxylic acids is 1. The van der Waals surface area contributed by atoms with Gasteiger partial charge in [0.15, 0.2) is 5.82 Å². The van der Waals surface area contributed by atoms with E-state index < -0.39 is 10.0 Å². The van der Waals surface area contributed by atoms with Crippen molar-refractivity contribution in [2.24, 2.45) is 0 Å². The highest BCUT2D eigenvalue weighted by Gasteiger charge is 2.21. The van der Waals surface area contributed by atoms with Crippen LogP contribution >= 0.6 is 11.5 Å². The number of likely N-dealkylation sites (N-methyl/N-ethyl adjacent to an activating group) is 2. The van der Waals surface area contributed by atoms with E-state index in [0.717, 1.165) is 20.6 Å². The highest BCUT2D eigenvalue weighted by Crippen LogP contribution is 2.28. The molecule has 108 valence electrons. The molecule has 0 fully saturated rings. The molecular formula is C12H15N3O3S2. The van der Waals surface area contributed by atoms with E-state index in [-0.39, 0.29) is 12.5 Å². The summed E-state index contributed by atoms with van der Waals surface area (Å²) in [6.45, 7) is -0.207. The van der Waals surface area contributed by atoms with Crippen molar-refractivity contribution in [2.45, 2.75) is 0 Å². The standard InChI is InChI=1S/C12H15N3O3S2/c1-14(20(3,17)18)8-11(16)15(2)12-9-6-4-5-7-10(9)19-13-12/h4-7H,8H2,1-3H3. The summed E-state index contributed by atoms with van der Waals surface area (Å²) in [4.78, 5) is 13.5. The maximum atomic E-state index is 12.1. The molecule has 0 radical (unpaired) electrons. The van der Waals surface area contributed by atoms with Crippen LogP contribution in [0.25, 0.3) is 10.1 Å². The minimum absolute atomic E-state index is 0.207. The summed E-state index contributed by atoms with van der Waals surface area (Å²) in [6.07, 6.45) is 1.07. The first-order chi connectivity index (χ1) is 9.30. The van der Waals surface area contributed by atoms with Crippen molar-refractivity contribution in [2.75, 3.05) is 31.8 Å². The van der Waals surface area contributed by atoms with E-state index in [0.29, 0.717) is 5.82 Å². The summed E-state index contributed by atoms with van der Waals surface area (Å²) in [7, 11) is -0.402. The molecule has 0 aliphatic carbocycles. The normalized spacial score (nSPS) is 12.0. The van der Waals surface area contributed by atoms with Gasteiger partial charge in [0.1, 0.15) is 0 Å². The Balaban J connectivity index is 2.23. The average Bonchev–Trinajstić information content (AvgIpc) is 2.80. The summed E-state index contributed by atoms with van der Waals surface area (Å²) < 4.78 is 28.9. The molecule has 1 heterocycles. The Kier molecular flexibility index (Phi) is 4.07. The molecule has 0 N–H and O–H groups in total. The van der Waals surface area contributed by atoms with E-state index >= 15 is 0 Å². The minimum Gasteiger partial charge on any atom is -0.297 e. The molecule has 0 aliphatic rings. The molecule has 0 saturated heterocycles. The van der Waals surface area contributed by atoms with Gasteiger partial charge in [-0.2, -0.15) is 8.68 Å². The second kappa shape index (κ2) is 5.47. The van der Waals surface area contributed by atoms with Crippen LogP contribution in [0.5, 0.6) is 0 Å². The number of aromatic nitrogens is 1. The molecule has 20 heavy (non-hydrogen) atoms. The van der Waals surface area contributed by atoms with Crippen molar-refractivity contribution in [3.63, 3.8) is 0 Å². The predicted molar refractivity (Wildman–Crippen MR) is 80.5 cm³/mol. The van der Waals surface area contributed by atoms with Crippen molar-refractivity contribution in [1.29, 1.82) is 0 Å². The van der Waals surface area contributed by atoms with Crippen molar-refractivity contribution in [3.05, 3.63) is 24.3 Å². The smallest absolute Gasteiger partial charge is 0.243 e. The van der Waals surface area contributed by atoms with Crippen molar-refractivity contribution in [3.8, 4) is 0 Å². The first-order valence-corrected chi connectivity index (χ1v) is 8.45. The number of amides is 1. The van der Waals surface area contributed by atoms with E-state index in [1.54, 1.807) is 7.05 Å². The molecule has 0 bridgehead atoms. The molecule has 2 rings (SSSR count). The number of hydrogen-bond donors (Lipinski definition) is 0. The van der Waals surface area contributed by atoms with Crippen LogP contribution in [0.3, 0.4) is 0 Å². The van der Waals surface area contributed by atoms with Crippen LogP contribution in [0.1, 0.15) is 0 Å². The number of carbonyl (C=O) groups is 1. The van der Waals surface area contributed by atoms with Crippen molar-refractivity contribution >= 4 is 43.4 Å². The van der Waals surface area contributed by atoms with Crippen LogP contribution in [0.15, 0.2) is 24.3 Å². The van der Waals surface area contributed by atoms with Crippen LogP contribution in [0.2, 0.25) is 0 Å². The van der Waals surface area contributed by atoms with Gasteiger partial charge in [-0.15, -0.1) is 0 Å². The van der Waals surface area contributed by atoms with Crippen LogP contribution in [-0.4, -0.2) is 49.9 Å². The molecular weight excluding hydrogens is 298 g/mol. The number of fused-ring (bicyclic) bond motifs is 1. The summed E-state index contributed by atoms with van der Waals surface area (Å²) >= 11 is 1.31. The molecule has 8 heteroatoms. The molecule has 1 aromatic heterocycles. The lowest BCUT2D eigenvalue weighted by molar-refractivity contribution is -0.118. The summed E-state index contributed by atoms with van der Waals surface area (Å²) in [5.41, 5.74) is 0. The quantitative estimate of drug-likeness (QED) is 0.849. The molecule has 0 spiro atoms. The zero-order valence-corrected chi connectivity index (χ0v) is 13.0. The third kappa shape index (κ3) is 2.97. The fourth-order valence-corrected chi connectivity index (χ4v) is 2.79. The highest BCUT2D eigenvalue weighted by atomic mass is 32.2. The SMILES string of the molecule is CN(C(=O)CN(C)S(C)(=O)=O)c1nsc2ccccc12. The summed E-state index contributed by atoms with van der Waals surface area (Å²) in [5, 5.41) is 0.885. The van der Waals surface area contributed by atoms with E-state index in [4.69, 9.17) is 0 Å². The molecule has 0 saturated carbocycles. The number of hydrogen-bond acceptors (Lipinski definition) is 5. The van der Waals surface area contributed by atoms with Crippen LogP contribution < -0.4 is 4.90 Å². The lowest BCUT2D eigenvalue weighted by atomic mass is 10.2. The average molecular weight is 313 g/mol. The maximum absolute atomic E-state index is 12.1. The van der Waals surface area contributed by atoms with Crippen molar-refractivity contribution < 1.29 is 13.2 Å². The lowest BCUT2D eigenvalue weighted by Gasteiger charge is -2.19. The topological polar surface area (TPSA) is 70.6 Å². The third-order valence-corrected chi connectivity index (χ3v) is 5.05. The van der Waals surface area contributed by atoms with Gasteiger partial charge in [0.2, 0.25) is 15.9 Å². The number of anilines is 1. The molecule has 0 aliphatic heterocycles. The fraction of sp³-hybridized carbons (Fsp3) is 0.333. The van der Waals surface area contributed by atoms with Crippen LogP contribution in [0, 0.1) is 0 Å². The van der Waals surface area contributed by atoms with Gasteiger partial charge in [0.05, 0.1) is 17.5 Å². The number of nitrogens with zero attached hydrogens (tertiary/aromatic N) is 3. The van der Waals surface area contributed by atoms with E-state index in [9.17, 15) is 13.2 Å². The van der Waals surface area contributed by atoms with E-state index in [2.05, 4.69) is 4.37 Å². The Morgan fingerprint density at radius 1 is 1.30 bits per heavy atom. The minimum atomic E-state index is -3.37. The molecule has 0 atom stereocenters. The lowest BCUT2D eigenvalue weighted by Crippen LogP contribution is -2.39. The Morgan fingerprint density at radius 2 is 1.95 bits per heavy atom. The van der Waals surface area contributed by atoms with Crippen molar-refractivity contribution in [1.82, 2.24) is 8.68 Å². The van der Waals surface area contributed by atoms with Gasteiger partial charge in [0.25, 0.3) is 0 Å². The molecule has 0 unspecified atom stereocenters. The van der Waals surface area contributed by atoms with Gasteiger partial charge in [-0.3, -0.25) is 9.69 Å². The number of sulfonamides is 1. The zero-order valence-electron chi connectivity index (χ0n) is 11.4. The Morgan fingerprint density at radius 3 is 2.60 bits per heavy atom. The highest BCUT2D eigenvalue weighted by molar-refractivity contribution is 7.88. The first kappa shape index (κ1) is 14.9. The Hall–Kier alpha value is -1.51. The van der Waals surface area contributed by atoms with Gasteiger partial charge in [-0.05, 0) is 23.7 Å². The number of rotatable bonds is 4. The third-order valence-electron chi connectivity index (χ3n) is 2.97. The number of benzene rings is 1. The first-order valence-electron chi connectivity index (χ1n) is 5.83. The molecule has 1 aromatic carbocycles. The van der Waals surface area contributed by atoms with E-state index in [1.165, 1.54) is 23.5 Å². The van der Waals surface area contributed by atoms with Crippen LogP contribution in [-0.2, 0) is 14.8 Å². The Labute approximate surface area is 121 Å². The molecule has 2 aromatic rings. The van der Waals surface area contributed by atoms with Gasteiger partial charge >= 0.3 is 0 Å². The molecule has 6 nitrogen and oxygen atoms in total. The monoisotopic (exact) mass is 313 g/mol. The van der Waals surface area contributed by atoms with E-state index in [1.807, 2.05) is 24.3 Å². The summed E-state index contributed by atoms with van der Waals surface area (Å²) in [6, 6.07) is 7.60. The van der Waals surface area contributed by atoms with Crippen LogP contribution in [0.4, 0.5) is 5.82 Å². The maximum Gasteiger partial charge on any atom is 0.243 e. The second-order valence-corrected chi connectivity index (χ2v) is 7.37. The zero-order chi connectivity index (χ0) is 14.9. The largest absolute Gasteiger partial charge is 0.297 e. The second-order valence-electron chi connectivity index (χ2n) is 4.47. The van der Waals surface area contributed by atoms with Gasteiger partial charge < -0.3 is 0 Å². The summed E-state index contributed by atoms with van der Waals surface area (Å²) in [5.74, 6) is 0.228.